The summed E-state index contributed by atoms with van der Waals surface area (Å²) in [6.45, 7) is 4.18. The van der Waals surface area contributed by atoms with E-state index in [0.29, 0.717) is 12.1 Å². The minimum absolute atomic E-state index is 0.0535. The smallest absolute Gasteiger partial charge is 0.253 e. The third-order valence-electron chi connectivity index (χ3n) is 4.96. The number of sulfonamides is 1. The van der Waals surface area contributed by atoms with Gasteiger partial charge in [-0.1, -0.05) is 24.1 Å². The molecule has 0 radical (unpaired) electrons. The van der Waals surface area contributed by atoms with Crippen molar-refractivity contribution in [2.45, 2.75) is 25.3 Å². The Bertz CT molecular complexity index is 1220. The number of hydrogen-bond acceptors (Lipinski definition) is 4. The van der Waals surface area contributed by atoms with Crippen LogP contribution in [0, 0.1) is 26.2 Å². The van der Waals surface area contributed by atoms with Crippen LogP contribution in [0.5, 0.6) is 0 Å². The van der Waals surface area contributed by atoms with E-state index < -0.39 is 10.0 Å². The van der Waals surface area contributed by atoms with E-state index in [-0.39, 0.29) is 17.3 Å². The quantitative estimate of drug-likeness (QED) is 0.577. The SMILES string of the molecule is C#CCNS(=O)(=O)c1ccc(C(=O)N(C)Cc2c(C)nn(-c3ccccc3)c2C)cc1. The van der Waals surface area contributed by atoms with Crippen LogP contribution in [0.3, 0.4) is 0 Å². The number of carbonyl (C=O) groups is 1. The molecule has 0 atom stereocenters. The molecule has 0 aliphatic rings. The lowest BCUT2D eigenvalue weighted by Crippen LogP contribution is -2.27. The third-order valence-corrected chi connectivity index (χ3v) is 6.38. The van der Waals surface area contributed by atoms with Gasteiger partial charge in [0, 0.05) is 30.4 Å². The predicted octanol–water partition coefficient (Wildman–Crippen LogP) is 2.67. The van der Waals surface area contributed by atoms with Gasteiger partial charge in [0.05, 0.1) is 22.8 Å². The van der Waals surface area contributed by atoms with Crippen molar-refractivity contribution >= 4 is 15.9 Å². The van der Waals surface area contributed by atoms with Gasteiger partial charge >= 0.3 is 0 Å². The molecule has 0 aliphatic heterocycles. The molecule has 0 unspecified atom stereocenters. The molecule has 7 nitrogen and oxygen atoms in total. The summed E-state index contributed by atoms with van der Waals surface area (Å²) in [5.41, 5.74) is 4.13. The fraction of sp³-hybridized carbons (Fsp3) is 0.217. The number of rotatable bonds is 7. The van der Waals surface area contributed by atoms with Crippen molar-refractivity contribution in [1.29, 1.82) is 0 Å². The number of nitrogens with one attached hydrogen (secondary N) is 1. The molecule has 1 heterocycles. The molecule has 3 aromatic rings. The highest BCUT2D eigenvalue weighted by atomic mass is 32.2. The Labute approximate surface area is 182 Å². The number of aryl methyl sites for hydroxylation is 1. The molecule has 1 aromatic heterocycles. The number of aromatic nitrogens is 2. The lowest BCUT2D eigenvalue weighted by atomic mass is 10.1. The molecule has 2 aromatic carbocycles. The molecule has 0 bridgehead atoms. The minimum atomic E-state index is -3.70. The van der Waals surface area contributed by atoms with Gasteiger partial charge in [0.15, 0.2) is 0 Å². The number of benzene rings is 2. The van der Waals surface area contributed by atoms with Gasteiger partial charge in [-0.25, -0.2) is 13.1 Å². The van der Waals surface area contributed by atoms with Crippen LogP contribution in [0.2, 0.25) is 0 Å². The van der Waals surface area contributed by atoms with Crippen LogP contribution in [-0.4, -0.2) is 42.6 Å². The van der Waals surface area contributed by atoms with E-state index in [4.69, 9.17) is 6.42 Å². The Balaban J connectivity index is 1.77. The summed E-state index contributed by atoms with van der Waals surface area (Å²) in [6, 6.07) is 15.6. The van der Waals surface area contributed by atoms with Gasteiger partial charge in [0.2, 0.25) is 10.0 Å². The average Bonchev–Trinajstić information content (AvgIpc) is 3.06. The highest BCUT2D eigenvalue weighted by Crippen LogP contribution is 2.20. The monoisotopic (exact) mass is 436 g/mol. The first-order valence-corrected chi connectivity index (χ1v) is 11.1. The van der Waals surface area contributed by atoms with Gasteiger partial charge in [0.25, 0.3) is 5.91 Å². The van der Waals surface area contributed by atoms with Crippen molar-refractivity contribution in [2.24, 2.45) is 0 Å². The minimum Gasteiger partial charge on any atom is -0.337 e. The molecule has 1 amide bonds. The summed E-state index contributed by atoms with van der Waals surface area (Å²) in [7, 11) is -1.99. The standard InChI is InChI=1S/C23H24N4O3S/c1-5-15-24-31(29,30)21-13-11-19(12-14-21)23(28)26(4)16-22-17(2)25-27(18(22)3)20-9-7-6-8-10-20/h1,6-14,24H,15-16H2,2-4H3. The van der Waals surface area contributed by atoms with Gasteiger partial charge in [0.1, 0.15) is 0 Å². The molecule has 8 heteroatoms. The lowest BCUT2D eigenvalue weighted by Gasteiger charge is -2.18. The summed E-state index contributed by atoms with van der Waals surface area (Å²) in [6.07, 6.45) is 5.10. The van der Waals surface area contributed by atoms with Crippen LogP contribution in [0.4, 0.5) is 0 Å². The van der Waals surface area contributed by atoms with Crippen molar-refractivity contribution in [3.05, 3.63) is 77.1 Å². The van der Waals surface area contributed by atoms with Crippen molar-refractivity contribution in [3.8, 4) is 18.0 Å². The van der Waals surface area contributed by atoms with Crippen LogP contribution < -0.4 is 4.72 Å². The first kappa shape index (κ1) is 22.3. The number of terminal acetylenes is 1. The van der Waals surface area contributed by atoms with Crippen LogP contribution in [0.15, 0.2) is 59.5 Å². The number of carbonyl (C=O) groups excluding carboxylic acids is 1. The molecular weight excluding hydrogens is 412 g/mol. The van der Waals surface area contributed by atoms with E-state index in [2.05, 4.69) is 15.7 Å². The van der Waals surface area contributed by atoms with Crippen LogP contribution in [0.1, 0.15) is 27.3 Å². The maximum atomic E-state index is 12.9. The third kappa shape index (κ3) is 4.85. The van der Waals surface area contributed by atoms with Gasteiger partial charge in [-0.05, 0) is 50.2 Å². The summed E-state index contributed by atoms with van der Waals surface area (Å²) < 4.78 is 28.4. The molecular formula is C23H24N4O3S. The maximum Gasteiger partial charge on any atom is 0.253 e. The Kier molecular flexibility index (Phi) is 6.59. The zero-order valence-electron chi connectivity index (χ0n) is 17.7. The van der Waals surface area contributed by atoms with Crippen LogP contribution in [-0.2, 0) is 16.6 Å². The molecule has 0 fully saturated rings. The van der Waals surface area contributed by atoms with Crippen molar-refractivity contribution in [1.82, 2.24) is 19.4 Å². The first-order chi connectivity index (χ1) is 14.7. The molecule has 3 rings (SSSR count). The molecule has 31 heavy (non-hydrogen) atoms. The zero-order valence-corrected chi connectivity index (χ0v) is 18.5. The normalized spacial score (nSPS) is 11.2. The van der Waals surface area contributed by atoms with Gasteiger partial charge in [-0.2, -0.15) is 9.82 Å². The van der Waals surface area contributed by atoms with Gasteiger partial charge in [-0.3, -0.25) is 4.79 Å². The molecule has 0 spiro atoms. The highest BCUT2D eigenvalue weighted by molar-refractivity contribution is 7.89. The molecule has 1 N–H and O–H groups in total. The van der Waals surface area contributed by atoms with Gasteiger partial charge in [-0.15, -0.1) is 6.42 Å². The van der Waals surface area contributed by atoms with E-state index in [0.717, 1.165) is 22.6 Å². The summed E-state index contributed by atoms with van der Waals surface area (Å²) in [4.78, 5) is 14.5. The Morgan fingerprint density at radius 1 is 1.13 bits per heavy atom. The second-order valence-electron chi connectivity index (χ2n) is 7.11. The second kappa shape index (κ2) is 9.16. The molecule has 0 saturated heterocycles. The second-order valence-corrected chi connectivity index (χ2v) is 8.88. The lowest BCUT2D eigenvalue weighted by molar-refractivity contribution is 0.0784. The first-order valence-electron chi connectivity index (χ1n) is 9.63. The van der Waals surface area contributed by atoms with Gasteiger partial charge < -0.3 is 4.90 Å². The topological polar surface area (TPSA) is 84.3 Å². The van der Waals surface area contributed by atoms with Crippen LogP contribution >= 0.6 is 0 Å². The van der Waals surface area contributed by atoms with Crippen LogP contribution in [0.25, 0.3) is 5.69 Å². The predicted molar refractivity (Wildman–Crippen MR) is 119 cm³/mol. The van der Waals surface area contributed by atoms with Crippen molar-refractivity contribution in [3.63, 3.8) is 0 Å². The van der Waals surface area contributed by atoms with E-state index >= 15 is 0 Å². The van der Waals surface area contributed by atoms with E-state index in [9.17, 15) is 13.2 Å². The number of nitrogens with zero attached hydrogens (tertiary/aromatic N) is 3. The summed E-state index contributed by atoms with van der Waals surface area (Å²) in [5, 5.41) is 4.62. The van der Waals surface area contributed by atoms with E-state index in [1.165, 1.54) is 24.3 Å². The van der Waals surface area contributed by atoms with Crippen molar-refractivity contribution in [2.75, 3.05) is 13.6 Å². The number of amides is 1. The Morgan fingerprint density at radius 2 is 1.77 bits per heavy atom. The Morgan fingerprint density at radius 3 is 2.39 bits per heavy atom. The maximum absolute atomic E-state index is 12.9. The molecule has 0 saturated carbocycles. The van der Waals surface area contributed by atoms with Crippen molar-refractivity contribution < 1.29 is 13.2 Å². The summed E-state index contributed by atoms with van der Waals surface area (Å²) >= 11 is 0. The van der Waals surface area contributed by atoms with E-state index in [1.54, 1.807) is 11.9 Å². The number of hydrogen-bond donors (Lipinski definition) is 1. The Hall–Kier alpha value is -3.41. The largest absolute Gasteiger partial charge is 0.337 e. The zero-order chi connectivity index (χ0) is 22.6. The average molecular weight is 437 g/mol. The number of para-hydroxylation sites is 1. The fourth-order valence-electron chi connectivity index (χ4n) is 3.25. The van der Waals surface area contributed by atoms with E-state index in [1.807, 2.05) is 48.9 Å². The molecule has 160 valence electrons. The highest BCUT2D eigenvalue weighted by Gasteiger charge is 2.19. The molecule has 0 aliphatic carbocycles. The summed E-state index contributed by atoms with van der Waals surface area (Å²) in [5.74, 6) is 2.01. The fourth-order valence-corrected chi connectivity index (χ4v) is 4.18.